The van der Waals surface area contributed by atoms with Crippen LogP contribution in [0.3, 0.4) is 0 Å². The lowest BCUT2D eigenvalue weighted by Gasteiger charge is -2.17. The molecule has 3 N–H and O–H groups in total. The van der Waals surface area contributed by atoms with Gasteiger partial charge in [0.15, 0.2) is 0 Å². The molecule has 0 radical (unpaired) electrons. The van der Waals surface area contributed by atoms with Crippen molar-refractivity contribution in [1.29, 1.82) is 0 Å². The van der Waals surface area contributed by atoms with Gasteiger partial charge >= 0.3 is 5.97 Å². The van der Waals surface area contributed by atoms with Gasteiger partial charge in [-0.25, -0.2) is 4.79 Å². The molecule has 1 aliphatic heterocycles. The van der Waals surface area contributed by atoms with Gasteiger partial charge in [-0.05, 0) is 42.8 Å². The van der Waals surface area contributed by atoms with Crippen molar-refractivity contribution in [2.45, 2.75) is 6.92 Å². The molecule has 0 bridgehead atoms. The first-order chi connectivity index (χ1) is 13.1. The van der Waals surface area contributed by atoms with Gasteiger partial charge in [-0.3, -0.25) is 4.99 Å². The molecule has 5 nitrogen and oxygen atoms in total. The Bertz CT molecular complexity index is 1210. The van der Waals surface area contributed by atoms with Crippen molar-refractivity contribution in [1.82, 2.24) is 0 Å². The number of nitrogen functional groups attached to an aromatic ring is 1. The number of fused-ring (bicyclic) bond motifs is 2. The summed E-state index contributed by atoms with van der Waals surface area (Å²) in [6.07, 6.45) is 0. The van der Waals surface area contributed by atoms with Gasteiger partial charge in [0.25, 0.3) is 0 Å². The lowest BCUT2D eigenvalue weighted by molar-refractivity contribution is 0.0697. The van der Waals surface area contributed by atoms with Crippen LogP contribution in [0.25, 0.3) is 33.4 Å². The third-order valence-corrected chi connectivity index (χ3v) is 4.50. The fourth-order valence-corrected chi connectivity index (χ4v) is 3.35. The number of anilines is 1. The third kappa shape index (κ3) is 2.93. The molecule has 0 saturated heterocycles. The number of aromatic carboxylic acids is 1. The molecule has 0 spiro atoms. The Labute approximate surface area is 155 Å². The van der Waals surface area contributed by atoms with E-state index in [0.717, 1.165) is 21.9 Å². The average molecular weight is 358 g/mol. The largest absolute Gasteiger partial charge is 0.478 e. The number of hydrogen-bond acceptors (Lipinski definition) is 4. The second kappa shape index (κ2) is 6.61. The normalized spacial score (nSPS) is 12.0. The van der Waals surface area contributed by atoms with Crippen LogP contribution in [0, 0.1) is 0 Å². The molecule has 134 valence electrons. The monoisotopic (exact) mass is 358 g/mol. The van der Waals surface area contributed by atoms with Gasteiger partial charge in [0.1, 0.15) is 11.3 Å². The van der Waals surface area contributed by atoms with E-state index in [1.54, 1.807) is 24.3 Å². The highest BCUT2D eigenvalue weighted by molar-refractivity contribution is 6.07. The second-order valence-corrected chi connectivity index (χ2v) is 6.24. The highest BCUT2D eigenvalue weighted by atomic mass is 16.4. The predicted molar refractivity (Wildman–Crippen MR) is 106 cm³/mol. The molecular weight excluding hydrogens is 340 g/mol. The summed E-state index contributed by atoms with van der Waals surface area (Å²) in [7, 11) is 0. The van der Waals surface area contributed by atoms with Crippen molar-refractivity contribution in [3.63, 3.8) is 0 Å². The Morgan fingerprint density at radius 3 is 2.67 bits per heavy atom. The quantitative estimate of drug-likeness (QED) is 0.419. The lowest BCUT2D eigenvalue weighted by Crippen LogP contribution is -2.05. The molecule has 1 heterocycles. The zero-order chi connectivity index (χ0) is 19.0. The van der Waals surface area contributed by atoms with Crippen LogP contribution < -0.4 is 11.1 Å². The maximum absolute atomic E-state index is 11.8. The molecule has 0 fully saturated rings. The van der Waals surface area contributed by atoms with Gasteiger partial charge in [-0.1, -0.05) is 18.2 Å². The van der Waals surface area contributed by atoms with Crippen molar-refractivity contribution >= 4 is 22.6 Å². The lowest BCUT2D eigenvalue weighted by atomic mass is 9.91. The Morgan fingerprint density at radius 2 is 1.89 bits per heavy atom. The molecule has 27 heavy (non-hydrogen) atoms. The van der Waals surface area contributed by atoms with E-state index in [4.69, 9.17) is 10.2 Å². The fraction of sp³-hybridized carbons (Fsp3) is 0.0909. The molecule has 0 unspecified atom stereocenters. The van der Waals surface area contributed by atoms with Crippen LogP contribution in [0.15, 0.2) is 70.1 Å². The number of carboxylic acids is 1. The summed E-state index contributed by atoms with van der Waals surface area (Å²) in [6, 6.07) is 18.1. The van der Waals surface area contributed by atoms with Crippen molar-refractivity contribution in [2.75, 3.05) is 12.3 Å². The maximum atomic E-state index is 11.8. The number of rotatable bonds is 3. The SMILES string of the molecule is CC/N=c1\ccc2c(-c3ccccc3C(=O)O)c3ccc(N)cc3oc-2c1. The van der Waals surface area contributed by atoms with E-state index in [-0.39, 0.29) is 5.56 Å². The van der Waals surface area contributed by atoms with E-state index in [2.05, 4.69) is 4.99 Å². The van der Waals surface area contributed by atoms with Crippen molar-refractivity contribution in [2.24, 2.45) is 4.99 Å². The van der Waals surface area contributed by atoms with Crippen LogP contribution in [-0.2, 0) is 0 Å². The van der Waals surface area contributed by atoms with E-state index in [0.29, 0.717) is 29.1 Å². The molecule has 2 aromatic carbocycles. The van der Waals surface area contributed by atoms with E-state index >= 15 is 0 Å². The van der Waals surface area contributed by atoms with E-state index in [9.17, 15) is 9.90 Å². The van der Waals surface area contributed by atoms with E-state index < -0.39 is 5.97 Å². The minimum atomic E-state index is -0.972. The average Bonchev–Trinajstić information content (AvgIpc) is 2.66. The summed E-state index contributed by atoms with van der Waals surface area (Å²) in [5.41, 5.74) is 9.65. The molecule has 0 saturated carbocycles. The minimum Gasteiger partial charge on any atom is -0.478 e. The standard InChI is InChI=1S/C22H18N2O3/c1-2-24-14-8-10-18-20(12-14)27-19-11-13(23)7-9-17(19)21(18)15-5-3-4-6-16(15)22(25)26/h3-12H,2,23H2,1H3,(H,25,26)/b24-14+. The number of benzene rings is 3. The second-order valence-electron chi connectivity index (χ2n) is 6.24. The number of carboxylic acid groups (broad SMARTS) is 1. The molecule has 0 atom stereocenters. The predicted octanol–water partition coefficient (Wildman–Crippen LogP) is 4.41. The molecule has 2 aromatic rings. The summed E-state index contributed by atoms with van der Waals surface area (Å²) in [5.74, 6) is -0.335. The van der Waals surface area contributed by atoms with Crippen LogP contribution in [0.1, 0.15) is 17.3 Å². The van der Waals surface area contributed by atoms with Crippen LogP contribution in [0.2, 0.25) is 0 Å². The zero-order valence-corrected chi connectivity index (χ0v) is 14.8. The molecule has 0 aromatic heterocycles. The zero-order valence-electron chi connectivity index (χ0n) is 14.8. The van der Waals surface area contributed by atoms with Gasteiger partial charge in [-0.15, -0.1) is 0 Å². The van der Waals surface area contributed by atoms with Crippen molar-refractivity contribution < 1.29 is 14.3 Å². The van der Waals surface area contributed by atoms with Gasteiger partial charge < -0.3 is 15.3 Å². The van der Waals surface area contributed by atoms with E-state index in [1.165, 1.54) is 0 Å². The third-order valence-electron chi connectivity index (χ3n) is 4.50. The first kappa shape index (κ1) is 16.8. The Kier molecular flexibility index (Phi) is 4.12. The summed E-state index contributed by atoms with van der Waals surface area (Å²) in [6.45, 7) is 2.64. The molecule has 1 aliphatic carbocycles. The first-order valence-electron chi connectivity index (χ1n) is 8.68. The molecule has 0 amide bonds. The molecule has 2 aliphatic rings. The Morgan fingerprint density at radius 1 is 1.07 bits per heavy atom. The van der Waals surface area contributed by atoms with Gasteiger partial charge in [0.2, 0.25) is 0 Å². The summed E-state index contributed by atoms with van der Waals surface area (Å²) in [5, 5.41) is 11.3. The molecular formula is C22H18N2O3. The number of carbonyl (C=O) groups is 1. The van der Waals surface area contributed by atoms with Gasteiger partial charge in [0, 0.05) is 40.9 Å². The topological polar surface area (TPSA) is 88.8 Å². The first-order valence-corrected chi connectivity index (χ1v) is 8.68. The summed E-state index contributed by atoms with van der Waals surface area (Å²) in [4.78, 5) is 16.2. The van der Waals surface area contributed by atoms with Crippen LogP contribution in [0.5, 0.6) is 0 Å². The van der Waals surface area contributed by atoms with Crippen LogP contribution >= 0.6 is 0 Å². The minimum absolute atomic E-state index is 0.241. The molecule has 4 rings (SSSR count). The Hall–Kier alpha value is -3.60. The van der Waals surface area contributed by atoms with E-state index in [1.807, 2.05) is 43.3 Å². The summed E-state index contributed by atoms with van der Waals surface area (Å²) >= 11 is 0. The number of nitrogens with zero attached hydrogens (tertiary/aromatic N) is 1. The van der Waals surface area contributed by atoms with Gasteiger partial charge in [-0.2, -0.15) is 0 Å². The highest BCUT2D eigenvalue weighted by Crippen LogP contribution is 2.41. The fourth-order valence-electron chi connectivity index (χ4n) is 3.35. The van der Waals surface area contributed by atoms with Crippen molar-refractivity contribution in [3.05, 3.63) is 71.6 Å². The van der Waals surface area contributed by atoms with Crippen molar-refractivity contribution in [3.8, 4) is 22.5 Å². The van der Waals surface area contributed by atoms with Gasteiger partial charge in [0.05, 0.1) is 10.9 Å². The molecule has 5 heteroatoms. The van der Waals surface area contributed by atoms with Crippen LogP contribution in [0.4, 0.5) is 5.69 Å². The Balaban J connectivity index is 2.18. The summed E-state index contributed by atoms with van der Waals surface area (Å²) < 4.78 is 6.09. The number of nitrogens with two attached hydrogens (primary N) is 1. The smallest absolute Gasteiger partial charge is 0.336 e. The highest BCUT2D eigenvalue weighted by Gasteiger charge is 2.21. The van der Waals surface area contributed by atoms with Crippen LogP contribution in [-0.4, -0.2) is 17.6 Å². The maximum Gasteiger partial charge on any atom is 0.336 e. The number of hydrogen-bond donors (Lipinski definition) is 2.